The molecule has 0 aliphatic carbocycles. The maximum absolute atomic E-state index is 12.5. The molecule has 0 fully saturated rings. The molecule has 2 aromatic carbocycles. The number of ether oxygens (including phenoxy) is 1. The van der Waals surface area contributed by atoms with Gasteiger partial charge in [0.05, 0.1) is 22.9 Å². The van der Waals surface area contributed by atoms with Crippen molar-refractivity contribution >= 4 is 33.4 Å². The van der Waals surface area contributed by atoms with Crippen LogP contribution in [0.3, 0.4) is 0 Å². The molecular formula is C20H19BrClN3O2. The van der Waals surface area contributed by atoms with Gasteiger partial charge in [-0.15, -0.1) is 0 Å². The highest BCUT2D eigenvalue weighted by molar-refractivity contribution is 9.10. The van der Waals surface area contributed by atoms with Gasteiger partial charge in [0.15, 0.2) is 0 Å². The molecule has 0 atom stereocenters. The van der Waals surface area contributed by atoms with E-state index in [0.29, 0.717) is 23.7 Å². The standard InChI is InChI=1S/C20H19BrClN3O2/c1-2-25-19(18(21)11-24-25)12-23-20(26)15-5-3-4-14(10-15)13-27-17-8-6-16(22)7-9-17/h3-11H,2,12-13H2,1H3,(H,23,26). The second kappa shape index (κ2) is 9.06. The lowest BCUT2D eigenvalue weighted by molar-refractivity contribution is 0.0949. The number of nitrogens with one attached hydrogen (secondary N) is 1. The van der Waals surface area contributed by atoms with Gasteiger partial charge in [-0.3, -0.25) is 9.48 Å². The monoisotopic (exact) mass is 447 g/mol. The van der Waals surface area contributed by atoms with E-state index in [1.807, 2.05) is 41.9 Å². The minimum absolute atomic E-state index is 0.140. The summed E-state index contributed by atoms with van der Waals surface area (Å²) in [5, 5.41) is 7.85. The molecule has 0 aliphatic heterocycles. The fourth-order valence-electron chi connectivity index (χ4n) is 2.60. The largest absolute Gasteiger partial charge is 0.489 e. The highest BCUT2D eigenvalue weighted by atomic mass is 79.9. The Balaban J connectivity index is 1.61. The number of hydrogen-bond donors (Lipinski definition) is 1. The van der Waals surface area contributed by atoms with Gasteiger partial charge in [0.25, 0.3) is 5.91 Å². The Kier molecular flexibility index (Phi) is 6.53. The van der Waals surface area contributed by atoms with Gasteiger partial charge in [0, 0.05) is 17.1 Å². The fraction of sp³-hybridized carbons (Fsp3) is 0.200. The van der Waals surface area contributed by atoms with E-state index in [0.717, 1.165) is 28.0 Å². The maximum Gasteiger partial charge on any atom is 0.251 e. The van der Waals surface area contributed by atoms with Gasteiger partial charge >= 0.3 is 0 Å². The molecule has 27 heavy (non-hydrogen) atoms. The van der Waals surface area contributed by atoms with Crippen molar-refractivity contribution in [2.75, 3.05) is 0 Å². The van der Waals surface area contributed by atoms with Crippen molar-refractivity contribution in [2.45, 2.75) is 26.6 Å². The first kappa shape index (κ1) is 19.5. The predicted molar refractivity (Wildman–Crippen MR) is 109 cm³/mol. The number of carbonyl (C=O) groups excluding carboxylic acids is 1. The molecule has 5 nitrogen and oxygen atoms in total. The third-order valence-electron chi connectivity index (χ3n) is 4.02. The Labute approximate surface area is 171 Å². The molecule has 0 radical (unpaired) electrons. The van der Waals surface area contributed by atoms with E-state index in [9.17, 15) is 4.79 Å². The van der Waals surface area contributed by atoms with Crippen molar-refractivity contribution in [2.24, 2.45) is 0 Å². The average Bonchev–Trinajstić information content (AvgIpc) is 3.05. The van der Waals surface area contributed by atoms with Crippen LogP contribution in [0.2, 0.25) is 5.02 Å². The predicted octanol–water partition coefficient (Wildman–Crippen LogP) is 4.83. The smallest absolute Gasteiger partial charge is 0.251 e. The highest BCUT2D eigenvalue weighted by Crippen LogP contribution is 2.18. The number of amides is 1. The lowest BCUT2D eigenvalue weighted by Gasteiger charge is -2.10. The van der Waals surface area contributed by atoms with Gasteiger partial charge in [-0.1, -0.05) is 23.7 Å². The minimum atomic E-state index is -0.140. The van der Waals surface area contributed by atoms with Gasteiger partial charge in [-0.2, -0.15) is 5.10 Å². The van der Waals surface area contributed by atoms with Crippen molar-refractivity contribution in [1.82, 2.24) is 15.1 Å². The van der Waals surface area contributed by atoms with Gasteiger partial charge in [0.1, 0.15) is 12.4 Å². The average molecular weight is 449 g/mol. The van der Waals surface area contributed by atoms with E-state index in [4.69, 9.17) is 16.3 Å². The Morgan fingerprint density at radius 2 is 2.04 bits per heavy atom. The first-order valence-electron chi connectivity index (χ1n) is 8.52. The summed E-state index contributed by atoms with van der Waals surface area (Å²) < 4.78 is 8.47. The van der Waals surface area contributed by atoms with Crippen LogP contribution < -0.4 is 10.1 Å². The number of benzene rings is 2. The molecule has 0 spiro atoms. The van der Waals surface area contributed by atoms with E-state index >= 15 is 0 Å². The minimum Gasteiger partial charge on any atom is -0.489 e. The summed E-state index contributed by atoms with van der Waals surface area (Å²) in [4.78, 5) is 12.5. The van der Waals surface area contributed by atoms with Crippen molar-refractivity contribution in [3.63, 3.8) is 0 Å². The zero-order valence-electron chi connectivity index (χ0n) is 14.8. The zero-order valence-corrected chi connectivity index (χ0v) is 17.1. The summed E-state index contributed by atoms with van der Waals surface area (Å²) in [6, 6.07) is 14.6. The maximum atomic E-state index is 12.5. The number of hydrogen-bond acceptors (Lipinski definition) is 3. The molecule has 1 N–H and O–H groups in total. The third-order valence-corrected chi connectivity index (χ3v) is 4.94. The summed E-state index contributed by atoms with van der Waals surface area (Å²) in [6.07, 6.45) is 1.74. The van der Waals surface area contributed by atoms with Crippen LogP contribution in [0.25, 0.3) is 0 Å². The SMILES string of the molecule is CCn1ncc(Br)c1CNC(=O)c1cccc(COc2ccc(Cl)cc2)c1. The Hall–Kier alpha value is -2.31. The van der Waals surface area contributed by atoms with Gasteiger partial charge in [0.2, 0.25) is 0 Å². The number of halogens is 2. The van der Waals surface area contributed by atoms with E-state index < -0.39 is 0 Å². The molecule has 3 aromatic rings. The first-order chi connectivity index (χ1) is 13.1. The molecule has 1 aromatic heterocycles. The number of nitrogens with zero attached hydrogens (tertiary/aromatic N) is 2. The van der Waals surface area contributed by atoms with Crippen molar-refractivity contribution in [1.29, 1.82) is 0 Å². The van der Waals surface area contributed by atoms with E-state index in [1.54, 1.807) is 24.4 Å². The summed E-state index contributed by atoms with van der Waals surface area (Å²) in [7, 11) is 0. The van der Waals surface area contributed by atoms with Crippen LogP contribution in [-0.2, 0) is 19.7 Å². The molecule has 0 saturated carbocycles. The highest BCUT2D eigenvalue weighted by Gasteiger charge is 2.11. The van der Waals surface area contributed by atoms with Crippen LogP contribution in [-0.4, -0.2) is 15.7 Å². The molecule has 1 amide bonds. The number of aryl methyl sites for hydroxylation is 1. The van der Waals surface area contributed by atoms with Crippen molar-refractivity contribution in [3.05, 3.63) is 81.0 Å². The molecule has 7 heteroatoms. The number of rotatable bonds is 7. The summed E-state index contributed by atoms with van der Waals surface area (Å²) >= 11 is 9.34. The van der Waals surface area contributed by atoms with Gasteiger partial charge < -0.3 is 10.1 Å². The fourth-order valence-corrected chi connectivity index (χ4v) is 3.16. The second-order valence-corrected chi connectivity index (χ2v) is 7.17. The molecule has 140 valence electrons. The van der Waals surface area contributed by atoms with Crippen molar-refractivity contribution in [3.8, 4) is 5.75 Å². The summed E-state index contributed by atoms with van der Waals surface area (Å²) in [6.45, 7) is 3.53. The molecule has 1 heterocycles. The lowest BCUT2D eigenvalue weighted by Crippen LogP contribution is -2.24. The number of carbonyl (C=O) groups is 1. The molecule has 0 bridgehead atoms. The normalized spacial score (nSPS) is 10.6. The van der Waals surface area contributed by atoms with E-state index in [2.05, 4.69) is 26.3 Å². The molecule has 3 rings (SSSR count). The molecule has 0 aliphatic rings. The quantitative estimate of drug-likeness (QED) is 0.563. The second-order valence-electron chi connectivity index (χ2n) is 5.88. The summed E-state index contributed by atoms with van der Waals surface area (Å²) in [5.74, 6) is 0.589. The van der Waals surface area contributed by atoms with Crippen LogP contribution >= 0.6 is 27.5 Å². The number of aromatic nitrogens is 2. The summed E-state index contributed by atoms with van der Waals surface area (Å²) in [5.41, 5.74) is 2.44. The van der Waals surface area contributed by atoms with Crippen LogP contribution in [0.4, 0.5) is 0 Å². The van der Waals surface area contributed by atoms with Crippen LogP contribution in [0, 0.1) is 0 Å². The van der Waals surface area contributed by atoms with Crippen LogP contribution in [0.5, 0.6) is 5.75 Å². The first-order valence-corrected chi connectivity index (χ1v) is 9.69. The van der Waals surface area contributed by atoms with Crippen LogP contribution in [0.15, 0.2) is 59.2 Å². The topological polar surface area (TPSA) is 56.2 Å². The van der Waals surface area contributed by atoms with Crippen molar-refractivity contribution < 1.29 is 9.53 Å². The zero-order chi connectivity index (χ0) is 19.2. The van der Waals surface area contributed by atoms with E-state index in [1.165, 1.54) is 0 Å². The lowest BCUT2D eigenvalue weighted by atomic mass is 10.1. The van der Waals surface area contributed by atoms with E-state index in [-0.39, 0.29) is 5.91 Å². The van der Waals surface area contributed by atoms with Gasteiger partial charge in [-0.05, 0) is 64.8 Å². The Morgan fingerprint density at radius 1 is 1.26 bits per heavy atom. The Bertz CT molecular complexity index is 925. The third kappa shape index (κ3) is 5.11. The molecule has 0 unspecified atom stereocenters. The molecular weight excluding hydrogens is 430 g/mol. The van der Waals surface area contributed by atoms with Gasteiger partial charge in [-0.25, -0.2) is 0 Å². The van der Waals surface area contributed by atoms with Crippen LogP contribution in [0.1, 0.15) is 28.5 Å². The Morgan fingerprint density at radius 3 is 2.78 bits per heavy atom. The molecule has 0 saturated heterocycles.